The minimum absolute atomic E-state index is 0.0896. The van der Waals surface area contributed by atoms with Crippen molar-refractivity contribution < 1.29 is 23.9 Å². The highest BCUT2D eigenvalue weighted by atomic mass is 32.2. The van der Waals surface area contributed by atoms with E-state index in [1.54, 1.807) is 56.7 Å². The monoisotopic (exact) mass is 615 g/mol. The number of imide groups is 1. The molecular formula is C33H33N3O5S2. The Morgan fingerprint density at radius 1 is 0.930 bits per heavy atom. The van der Waals surface area contributed by atoms with Crippen molar-refractivity contribution in [1.29, 1.82) is 0 Å². The van der Waals surface area contributed by atoms with E-state index in [0.29, 0.717) is 27.1 Å². The summed E-state index contributed by atoms with van der Waals surface area (Å²) in [6, 6.07) is 22.3. The van der Waals surface area contributed by atoms with Crippen LogP contribution in [-0.4, -0.2) is 77.4 Å². The molecular weight excluding hydrogens is 583 g/mol. The fourth-order valence-corrected chi connectivity index (χ4v) is 6.63. The van der Waals surface area contributed by atoms with Crippen molar-refractivity contribution in [3.63, 3.8) is 0 Å². The van der Waals surface area contributed by atoms with Gasteiger partial charge in [0.2, 0.25) is 11.8 Å². The third-order valence-corrected chi connectivity index (χ3v) is 9.13. The molecule has 0 spiro atoms. The van der Waals surface area contributed by atoms with Crippen molar-refractivity contribution in [3.8, 4) is 11.5 Å². The molecule has 3 aromatic carbocycles. The van der Waals surface area contributed by atoms with Crippen LogP contribution in [0.15, 0.2) is 78.9 Å². The van der Waals surface area contributed by atoms with E-state index in [9.17, 15) is 14.4 Å². The normalized spacial score (nSPS) is 17.5. The zero-order chi connectivity index (χ0) is 30.3. The molecule has 2 heterocycles. The van der Waals surface area contributed by atoms with E-state index < -0.39 is 5.25 Å². The summed E-state index contributed by atoms with van der Waals surface area (Å²) in [7, 11) is 3.12. The zero-order valence-electron chi connectivity index (χ0n) is 24.1. The van der Waals surface area contributed by atoms with Gasteiger partial charge in [-0.05, 0) is 53.6 Å². The lowest BCUT2D eigenvalue weighted by Crippen LogP contribution is -2.47. The van der Waals surface area contributed by atoms with Crippen molar-refractivity contribution in [1.82, 2.24) is 9.80 Å². The number of benzene rings is 3. The van der Waals surface area contributed by atoms with Gasteiger partial charge in [-0.25, -0.2) is 4.90 Å². The Morgan fingerprint density at radius 3 is 2.30 bits per heavy atom. The summed E-state index contributed by atoms with van der Waals surface area (Å²) in [5.74, 6) is 0.411. The second-order valence-electron chi connectivity index (χ2n) is 10.3. The van der Waals surface area contributed by atoms with Crippen LogP contribution in [0.25, 0.3) is 6.08 Å². The molecule has 8 nitrogen and oxygen atoms in total. The highest BCUT2D eigenvalue weighted by Gasteiger charge is 2.41. The minimum Gasteiger partial charge on any atom is -0.493 e. The van der Waals surface area contributed by atoms with E-state index >= 15 is 0 Å². The number of anilines is 1. The molecule has 2 aliphatic rings. The number of ketones is 1. The van der Waals surface area contributed by atoms with Gasteiger partial charge in [0, 0.05) is 44.7 Å². The molecule has 2 fully saturated rings. The van der Waals surface area contributed by atoms with Crippen molar-refractivity contribution in [3.05, 3.63) is 95.6 Å². The third kappa shape index (κ3) is 7.33. The summed E-state index contributed by atoms with van der Waals surface area (Å²) in [6.45, 7) is 4.24. The Hall–Kier alpha value is -3.99. The van der Waals surface area contributed by atoms with E-state index in [1.807, 2.05) is 12.1 Å². The number of hydrogen-bond donors (Lipinski definition) is 0. The van der Waals surface area contributed by atoms with E-state index in [-0.39, 0.29) is 24.0 Å². The van der Waals surface area contributed by atoms with E-state index in [2.05, 4.69) is 34.1 Å². The molecule has 10 heteroatoms. The van der Waals surface area contributed by atoms with Crippen LogP contribution in [0.5, 0.6) is 11.5 Å². The number of thioether (sulfide) groups is 1. The van der Waals surface area contributed by atoms with Gasteiger partial charge in [0.05, 0.1) is 19.9 Å². The number of amides is 2. The molecule has 1 unspecified atom stereocenters. The third-order valence-electron chi connectivity index (χ3n) is 7.47. The maximum absolute atomic E-state index is 13.3. The maximum atomic E-state index is 13.3. The highest BCUT2D eigenvalue weighted by Crippen LogP contribution is 2.32. The number of carbonyl (C=O) groups is 3. The quantitative estimate of drug-likeness (QED) is 0.142. The smallest absolute Gasteiger partial charge is 0.247 e. The van der Waals surface area contributed by atoms with Crippen LogP contribution in [0, 0.1) is 0 Å². The van der Waals surface area contributed by atoms with Gasteiger partial charge in [-0.1, -0.05) is 66.5 Å². The SMILES string of the molecule is COc1ccc(C=CC(=O)c2ccc(N3C(=O)CC(SC(=S)N4CCN(Cc5ccccc5)CC4)C3=O)cc2)cc1OC. The van der Waals surface area contributed by atoms with Gasteiger partial charge in [-0.3, -0.25) is 19.3 Å². The molecule has 2 aliphatic heterocycles. The number of thiocarbonyl (C=S) groups is 1. The molecule has 2 amide bonds. The average Bonchev–Trinajstić information content (AvgIpc) is 3.32. The largest absolute Gasteiger partial charge is 0.493 e. The van der Waals surface area contributed by atoms with Crippen LogP contribution < -0.4 is 14.4 Å². The second kappa shape index (κ2) is 14.0. The summed E-state index contributed by atoms with van der Waals surface area (Å²) >= 11 is 6.98. The number of allylic oxidation sites excluding steroid dienone is 1. The molecule has 0 radical (unpaired) electrons. The summed E-state index contributed by atoms with van der Waals surface area (Å²) in [5.41, 5.74) is 2.95. The molecule has 0 aromatic heterocycles. The van der Waals surface area contributed by atoms with Gasteiger partial charge in [0.15, 0.2) is 17.3 Å². The van der Waals surface area contributed by atoms with Gasteiger partial charge in [0.25, 0.3) is 0 Å². The second-order valence-corrected chi connectivity index (χ2v) is 12.1. The van der Waals surface area contributed by atoms with Gasteiger partial charge in [0.1, 0.15) is 9.57 Å². The lowest BCUT2D eigenvalue weighted by molar-refractivity contribution is -0.121. The summed E-state index contributed by atoms with van der Waals surface area (Å²) < 4.78 is 11.2. The molecule has 222 valence electrons. The first-order chi connectivity index (χ1) is 20.9. The predicted octanol–water partition coefficient (Wildman–Crippen LogP) is 5.07. The number of rotatable bonds is 9. The molecule has 0 aliphatic carbocycles. The Labute approximate surface area is 261 Å². The number of hydrogen-bond acceptors (Lipinski definition) is 8. The summed E-state index contributed by atoms with van der Waals surface area (Å²) in [6.07, 6.45) is 3.25. The van der Waals surface area contributed by atoms with Crippen LogP contribution in [0.4, 0.5) is 5.69 Å². The Balaban J connectivity index is 1.15. The van der Waals surface area contributed by atoms with Crippen LogP contribution in [0.1, 0.15) is 27.9 Å². The first kappa shape index (κ1) is 30.5. The maximum Gasteiger partial charge on any atom is 0.247 e. The standard InChI is InChI=1S/C33H33N3O5S2/c1-40-28-15-9-23(20-29(28)41-2)8-14-27(37)25-10-12-26(13-11-25)36-31(38)21-30(32(36)39)43-33(42)35-18-16-34(17-19-35)22-24-6-4-3-5-7-24/h3-15,20,30H,16-19,21-22H2,1-2H3. The molecule has 43 heavy (non-hydrogen) atoms. The van der Waals surface area contributed by atoms with E-state index in [1.165, 1.54) is 28.3 Å². The molecule has 1 atom stereocenters. The Kier molecular flexibility index (Phi) is 9.91. The van der Waals surface area contributed by atoms with Crippen molar-refractivity contribution >= 4 is 57.7 Å². The van der Waals surface area contributed by atoms with Crippen LogP contribution in [-0.2, 0) is 16.1 Å². The lowest BCUT2D eigenvalue weighted by atomic mass is 10.1. The molecule has 2 saturated heterocycles. The average molecular weight is 616 g/mol. The van der Waals surface area contributed by atoms with Crippen molar-refractivity contribution in [2.75, 3.05) is 45.3 Å². The van der Waals surface area contributed by atoms with Gasteiger partial charge in [-0.2, -0.15) is 0 Å². The Morgan fingerprint density at radius 2 is 1.63 bits per heavy atom. The molecule has 0 bridgehead atoms. The van der Waals surface area contributed by atoms with E-state index in [0.717, 1.165) is 38.3 Å². The van der Waals surface area contributed by atoms with Crippen LogP contribution in [0.2, 0.25) is 0 Å². The first-order valence-electron chi connectivity index (χ1n) is 14.0. The molecule has 0 saturated carbocycles. The van der Waals surface area contributed by atoms with Crippen molar-refractivity contribution in [2.24, 2.45) is 0 Å². The number of methoxy groups -OCH3 is 2. The Bertz CT molecular complexity index is 1520. The molecule has 3 aromatic rings. The number of nitrogens with zero attached hydrogens (tertiary/aromatic N) is 3. The first-order valence-corrected chi connectivity index (χ1v) is 15.3. The lowest BCUT2D eigenvalue weighted by Gasteiger charge is -2.36. The highest BCUT2D eigenvalue weighted by molar-refractivity contribution is 8.23. The van der Waals surface area contributed by atoms with Crippen LogP contribution >= 0.6 is 24.0 Å². The number of ether oxygens (including phenoxy) is 2. The fourth-order valence-electron chi connectivity index (χ4n) is 5.09. The summed E-state index contributed by atoms with van der Waals surface area (Å²) in [5, 5.41) is -0.562. The fraction of sp³-hybridized carbons (Fsp3) is 0.273. The number of piperazine rings is 1. The van der Waals surface area contributed by atoms with Crippen molar-refractivity contribution in [2.45, 2.75) is 18.2 Å². The topological polar surface area (TPSA) is 79.4 Å². The molecule has 5 rings (SSSR count). The summed E-state index contributed by atoms with van der Waals surface area (Å²) in [4.78, 5) is 44.6. The zero-order valence-corrected chi connectivity index (χ0v) is 25.7. The number of carbonyl (C=O) groups excluding carboxylic acids is 3. The van der Waals surface area contributed by atoms with Gasteiger partial charge < -0.3 is 14.4 Å². The minimum atomic E-state index is -0.562. The predicted molar refractivity (Wildman–Crippen MR) is 174 cm³/mol. The van der Waals surface area contributed by atoms with Gasteiger partial charge in [-0.15, -0.1) is 0 Å². The van der Waals surface area contributed by atoms with E-state index in [4.69, 9.17) is 21.7 Å². The van der Waals surface area contributed by atoms with Crippen LogP contribution in [0.3, 0.4) is 0 Å². The van der Waals surface area contributed by atoms with Gasteiger partial charge >= 0.3 is 0 Å². The molecule has 0 N–H and O–H groups in total.